The standard InChI is InChI=1S/C31H30N2O2S/c1-31(2,3)25-18-16-24(17-19-25)30(35)33-27-9-7-8-26(20-27)32-29(34)23-14-12-22(13-15-23)21-36-28-10-5-4-6-11-28/h4-20H,21H2,1-3H3,(H,32,34)(H,33,35). The molecule has 0 spiro atoms. The molecule has 4 nitrogen and oxygen atoms in total. The molecule has 4 aromatic rings. The summed E-state index contributed by atoms with van der Waals surface area (Å²) in [5, 5.41) is 5.83. The first-order valence-electron chi connectivity index (χ1n) is 11.9. The largest absolute Gasteiger partial charge is 0.322 e. The molecule has 36 heavy (non-hydrogen) atoms. The van der Waals surface area contributed by atoms with Gasteiger partial charge in [-0.3, -0.25) is 9.59 Å². The van der Waals surface area contributed by atoms with E-state index in [4.69, 9.17) is 0 Å². The Balaban J connectivity index is 1.34. The SMILES string of the molecule is CC(C)(C)c1ccc(C(=O)Nc2cccc(NC(=O)c3ccc(CSc4ccccc4)cc3)c2)cc1. The van der Waals surface area contributed by atoms with Crippen LogP contribution in [-0.2, 0) is 11.2 Å². The molecule has 0 unspecified atom stereocenters. The van der Waals surface area contributed by atoms with E-state index in [9.17, 15) is 9.59 Å². The van der Waals surface area contributed by atoms with Crippen LogP contribution in [0.4, 0.5) is 11.4 Å². The molecule has 0 fully saturated rings. The van der Waals surface area contributed by atoms with E-state index in [1.807, 2.05) is 66.7 Å². The summed E-state index contributed by atoms with van der Waals surface area (Å²) in [5.41, 5.74) is 4.76. The number of rotatable bonds is 7. The van der Waals surface area contributed by atoms with Gasteiger partial charge in [0.05, 0.1) is 0 Å². The molecule has 0 saturated carbocycles. The number of amides is 2. The molecule has 2 N–H and O–H groups in total. The molecular weight excluding hydrogens is 464 g/mol. The first kappa shape index (κ1) is 25.3. The van der Waals surface area contributed by atoms with Crippen LogP contribution in [0.25, 0.3) is 0 Å². The molecule has 0 aliphatic rings. The number of nitrogens with one attached hydrogen (secondary N) is 2. The third kappa shape index (κ3) is 6.86. The Morgan fingerprint density at radius 1 is 0.667 bits per heavy atom. The summed E-state index contributed by atoms with van der Waals surface area (Å²) in [6.45, 7) is 6.42. The number of thioether (sulfide) groups is 1. The zero-order valence-electron chi connectivity index (χ0n) is 20.7. The van der Waals surface area contributed by atoms with Crippen LogP contribution in [0.15, 0.2) is 108 Å². The fraction of sp³-hybridized carbons (Fsp3) is 0.161. The molecule has 0 atom stereocenters. The van der Waals surface area contributed by atoms with Crippen LogP contribution in [0.3, 0.4) is 0 Å². The van der Waals surface area contributed by atoms with Gasteiger partial charge in [0.15, 0.2) is 0 Å². The number of carbonyl (C=O) groups excluding carboxylic acids is 2. The van der Waals surface area contributed by atoms with E-state index >= 15 is 0 Å². The van der Waals surface area contributed by atoms with Crippen molar-refractivity contribution in [2.24, 2.45) is 0 Å². The van der Waals surface area contributed by atoms with E-state index in [1.54, 1.807) is 36.0 Å². The number of benzene rings is 4. The average molecular weight is 495 g/mol. The van der Waals surface area contributed by atoms with Gasteiger partial charge in [-0.15, -0.1) is 11.8 Å². The Hall–Kier alpha value is -3.83. The van der Waals surface area contributed by atoms with Gasteiger partial charge < -0.3 is 10.6 Å². The topological polar surface area (TPSA) is 58.2 Å². The molecule has 0 aliphatic heterocycles. The van der Waals surface area contributed by atoms with Crippen LogP contribution >= 0.6 is 11.8 Å². The summed E-state index contributed by atoms with van der Waals surface area (Å²) in [5.74, 6) is 0.452. The summed E-state index contributed by atoms with van der Waals surface area (Å²) in [6, 6.07) is 32.7. The maximum atomic E-state index is 12.8. The molecule has 0 radical (unpaired) electrons. The Kier molecular flexibility index (Phi) is 7.91. The summed E-state index contributed by atoms with van der Waals surface area (Å²) >= 11 is 1.76. The molecule has 182 valence electrons. The van der Waals surface area contributed by atoms with Crippen molar-refractivity contribution >= 4 is 35.0 Å². The Morgan fingerprint density at radius 2 is 1.19 bits per heavy atom. The lowest BCUT2D eigenvalue weighted by atomic mass is 9.87. The number of anilines is 2. The minimum atomic E-state index is -0.196. The maximum Gasteiger partial charge on any atom is 0.255 e. The molecule has 0 saturated heterocycles. The molecule has 2 amide bonds. The smallest absolute Gasteiger partial charge is 0.255 e. The highest BCUT2D eigenvalue weighted by Gasteiger charge is 2.14. The molecule has 0 aliphatic carbocycles. The average Bonchev–Trinajstić information content (AvgIpc) is 2.88. The summed E-state index contributed by atoms with van der Waals surface area (Å²) in [7, 11) is 0. The summed E-state index contributed by atoms with van der Waals surface area (Å²) < 4.78 is 0. The predicted octanol–water partition coefficient (Wildman–Crippen LogP) is 7.78. The lowest BCUT2D eigenvalue weighted by molar-refractivity contribution is 0.101. The fourth-order valence-electron chi connectivity index (χ4n) is 3.64. The first-order valence-corrected chi connectivity index (χ1v) is 12.9. The minimum absolute atomic E-state index is 0.0307. The van der Waals surface area contributed by atoms with Gasteiger partial charge >= 0.3 is 0 Å². The molecule has 4 rings (SSSR count). The third-order valence-electron chi connectivity index (χ3n) is 5.76. The zero-order valence-corrected chi connectivity index (χ0v) is 21.6. The third-order valence-corrected chi connectivity index (χ3v) is 6.84. The van der Waals surface area contributed by atoms with E-state index in [-0.39, 0.29) is 17.2 Å². The lowest BCUT2D eigenvalue weighted by Gasteiger charge is -2.19. The lowest BCUT2D eigenvalue weighted by Crippen LogP contribution is -2.15. The molecule has 0 aromatic heterocycles. The van der Waals surface area contributed by atoms with Gasteiger partial charge in [0.25, 0.3) is 11.8 Å². The van der Waals surface area contributed by atoms with Crippen molar-refractivity contribution in [3.63, 3.8) is 0 Å². The zero-order chi connectivity index (χ0) is 25.5. The van der Waals surface area contributed by atoms with E-state index in [0.29, 0.717) is 22.5 Å². The highest BCUT2D eigenvalue weighted by atomic mass is 32.2. The highest BCUT2D eigenvalue weighted by molar-refractivity contribution is 7.98. The van der Waals surface area contributed by atoms with Crippen LogP contribution in [0.5, 0.6) is 0 Å². The second-order valence-electron chi connectivity index (χ2n) is 9.62. The maximum absolute atomic E-state index is 12.8. The van der Waals surface area contributed by atoms with E-state index in [1.165, 1.54) is 10.5 Å². The monoisotopic (exact) mass is 494 g/mol. The van der Waals surface area contributed by atoms with Crippen molar-refractivity contribution in [1.29, 1.82) is 0 Å². The van der Waals surface area contributed by atoms with Crippen LogP contribution < -0.4 is 10.6 Å². The molecular formula is C31H30N2O2S. The second-order valence-corrected chi connectivity index (χ2v) is 10.7. The van der Waals surface area contributed by atoms with Crippen molar-refractivity contribution in [3.05, 3.63) is 125 Å². The van der Waals surface area contributed by atoms with E-state index in [0.717, 1.165) is 11.3 Å². The van der Waals surface area contributed by atoms with Gasteiger partial charge in [-0.25, -0.2) is 0 Å². The van der Waals surface area contributed by atoms with Gasteiger partial charge in [-0.05, 0) is 71.1 Å². The highest BCUT2D eigenvalue weighted by Crippen LogP contribution is 2.24. The Bertz CT molecular complexity index is 1330. The summed E-state index contributed by atoms with van der Waals surface area (Å²) in [6.07, 6.45) is 0. The van der Waals surface area contributed by atoms with Crippen molar-refractivity contribution in [1.82, 2.24) is 0 Å². The second kappa shape index (κ2) is 11.3. The quantitative estimate of drug-likeness (QED) is 0.258. The van der Waals surface area contributed by atoms with Crippen LogP contribution in [0.2, 0.25) is 0 Å². The van der Waals surface area contributed by atoms with Gasteiger partial charge in [-0.1, -0.05) is 69.3 Å². The van der Waals surface area contributed by atoms with Gasteiger partial charge in [0.2, 0.25) is 0 Å². The van der Waals surface area contributed by atoms with Crippen molar-refractivity contribution < 1.29 is 9.59 Å². The van der Waals surface area contributed by atoms with Crippen LogP contribution in [0, 0.1) is 0 Å². The first-order chi connectivity index (χ1) is 17.3. The van der Waals surface area contributed by atoms with Gasteiger partial charge in [0, 0.05) is 33.2 Å². The van der Waals surface area contributed by atoms with Crippen LogP contribution in [-0.4, -0.2) is 11.8 Å². The number of hydrogen-bond donors (Lipinski definition) is 2. The molecule has 0 heterocycles. The number of hydrogen-bond acceptors (Lipinski definition) is 3. The normalized spacial score (nSPS) is 11.1. The van der Waals surface area contributed by atoms with Crippen LogP contribution in [0.1, 0.15) is 52.6 Å². The van der Waals surface area contributed by atoms with Crippen molar-refractivity contribution in [2.75, 3.05) is 10.6 Å². The van der Waals surface area contributed by atoms with E-state index < -0.39 is 0 Å². The van der Waals surface area contributed by atoms with E-state index in [2.05, 4.69) is 43.5 Å². The fourth-order valence-corrected chi connectivity index (χ4v) is 4.51. The molecule has 4 aromatic carbocycles. The van der Waals surface area contributed by atoms with Gasteiger partial charge in [0.1, 0.15) is 0 Å². The van der Waals surface area contributed by atoms with Crippen molar-refractivity contribution in [2.45, 2.75) is 36.8 Å². The minimum Gasteiger partial charge on any atom is -0.322 e. The van der Waals surface area contributed by atoms with Crippen molar-refractivity contribution in [3.8, 4) is 0 Å². The Morgan fingerprint density at radius 3 is 1.72 bits per heavy atom. The molecule has 5 heteroatoms. The number of carbonyl (C=O) groups is 2. The van der Waals surface area contributed by atoms with Gasteiger partial charge in [-0.2, -0.15) is 0 Å². The summed E-state index contributed by atoms with van der Waals surface area (Å²) in [4.78, 5) is 26.7. The predicted molar refractivity (Wildman–Crippen MR) is 150 cm³/mol. The molecule has 0 bridgehead atoms. The Labute approximate surface area is 217 Å².